The van der Waals surface area contributed by atoms with Crippen molar-refractivity contribution in [3.63, 3.8) is 0 Å². The Morgan fingerprint density at radius 2 is 2.14 bits per heavy atom. The number of benzene rings is 1. The lowest BCUT2D eigenvalue weighted by Crippen LogP contribution is -2.41. The minimum Gasteiger partial charge on any atom is -0.325 e. The summed E-state index contributed by atoms with van der Waals surface area (Å²) in [6.45, 7) is 5.27. The van der Waals surface area contributed by atoms with E-state index in [0.29, 0.717) is 22.2 Å². The van der Waals surface area contributed by atoms with E-state index in [0.717, 1.165) is 44.6 Å². The van der Waals surface area contributed by atoms with Crippen molar-refractivity contribution in [1.29, 1.82) is 0 Å². The van der Waals surface area contributed by atoms with E-state index in [4.69, 9.17) is 23.2 Å². The van der Waals surface area contributed by atoms with Crippen LogP contribution >= 0.6 is 23.2 Å². The number of carbonyl (C=O) groups excluding carboxylic acids is 1. The van der Waals surface area contributed by atoms with Gasteiger partial charge in [-0.05, 0) is 56.1 Å². The zero-order chi connectivity index (χ0) is 15.5. The average Bonchev–Trinajstić information content (AvgIpc) is 2.96. The summed E-state index contributed by atoms with van der Waals surface area (Å²) >= 11 is 12.0. The number of rotatable bonds is 4. The molecular formula is C16H21Cl2N3O. The van der Waals surface area contributed by atoms with Gasteiger partial charge in [0.25, 0.3) is 0 Å². The second-order valence-corrected chi connectivity index (χ2v) is 7.03. The standard InChI is InChI=1S/C16H21Cl2N3O/c17-13-1-2-14(18)15(7-13)20-16(22)4-6-21-5-3-11-8-19-9-12(11)10-21/h1-2,7,11-12,19H,3-6,8-10H2,(H,20,22). The molecule has 2 atom stereocenters. The van der Waals surface area contributed by atoms with E-state index in [1.54, 1.807) is 18.2 Å². The fourth-order valence-electron chi connectivity index (χ4n) is 3.38. The van der Waals surface area contributed by atoms with Crippen LogP contribution in [0.1, 0.15) is 12.8 Å². The van der Waals surface area contributed by atoms with Crippen LogP contribution in [0.4, 0.5) is 5.69 Å². The van der Waals surface area contributed by atoms with E-state index in [-0.39, 0.29) is 5.91 Å². The highest BCUT2D eigenvalue weighted by molar-refractivity contribution is 6.35. The summed E-state index contributed by atoms with van der Waals surface area (Å²) < 4.78 is 0. The largest absolute Gasteiger partial charge is 0.325 e. The molecule has 22 heavy (non-hydrogen) atoms. The molecule has 0 saturated carbocycles. The van der Waals surface area contributed by atoms with Crippen molar-refractivity contribution < 1.29 is 4.79 Å². The Hall–Kier alpha value is -0.810. The maximum Gasteiger partial charge on any atom is 0.225 e. The van der Waals surface area contributed by atoms with E-state index in [1.165, 1.54) is 6.42 Å². The van der Waals surface area contributed by atoms with Crippen LogP contribution in [0.5, 0.6) is 0 Å². The molecule has 0 spiro atoms. The number of hydrogen-bond donors (Lipinski definition) is 2. The predicted molar refractivity (Wildman–Crippen MR) is 90.6 cm³/mol. The van der Waals surface area contributed by atoms with E-state index in [1.807, 2.05) is 0 Å². The maximum absolute atomic E-state index is 12.1. The second-order valence-electron chi connectivity index (χ2n) is 6.19. The third-order valence-electron chi connectivity index (χ3n) is 4.65. The quantitative estimate of drug-likeness (QED) is 0.884. The molecular weight excluding hydrogens is 321 g/mol. The SMILES string of the molecule is O=C(CCN1CCC2CNCC2C1)Nc1cc(Cl)ccc1Cl. The molecule has 1 aromatic rings. The minimum atomic E-state index is -0.0177. The predicted octanol–water partition coefficient (Wildman–Crippen LogP) is 2.86. The summed E-state index contributed by atoms with van der Waals surface area (Å²) in [5, 5.41) is 7.38. The molecule has 3 rings (SSSR count). The molecule has 0 aliphatic carbocycles. The van der Waals surface area contributed by atoms with Gasteiger partial charge in [-0.25, -0.2) is 0 Å². The summed E-state index contributed by atoms with van der Waals surface area (Å²) in [7, 11) is 0. The van der Waals surface area contributed by atoms with Gasteiger partial charge in [0.2, 0.25) is 5.91 Å². The number of amides is 1. The number of anilines is 1. The zero-order valence-corrected chi connectivity index (χ0v) is 14.0. The number of carbonyl (C=O) groups is 1. The molecule has 0 bridgehead atoms. The molecule has 0 aromatic heterocycles. The van der Waals surface area contributed by atoms with E-state index in [9.17, 15) is 4.79 Å². The fourth-order valence-corrected chi connectivity index (χ4v) is 3.72. The molecule has 120 valence electrons. The summed E-state index contributed by atoms with van der Waals surface area (Å²) in [4.78, 5) is 14.5. The number of piperidine rings is 1. The molecule has 1 amide bonds. The number of hydrogen-bond acceptors (Lipinski definition) is 3. The van der Waals surface area contributed by atoms with Crippen molar-refractivity contribution in [1.82, 2.24) is 10.2 Å². The van der Waals surface area contributed by atoms with Gasteiger partial charge in [0.15, 0.2) is 0 Å². The molecule has 2 aliphatic heterocycles. The Balaban J connectivity index is 1.47. The van der Waals surface area contributed by atoms with Gasteiger partial charge in [-0.3, -0.25) is 4.79 Å². The number of nitrogens with one attached hydrogen (secondary N) is 2. The highest BCUT2D eigenvalue weighted by atomic mass is 35.5. The molecule has 2 fully saturated rings. The van der Waals surface area contributed by atoms with Crippen LogP contribution in [0.3, 0.4) is 0 Å². The topological polar surface area (TPSA) is 44.4 Å². The van der Waals surface area contributed by atoms with Crippen molar-refractivity contribution in [3.05, 3.63) is 28.2 Å². The van der Waals surface area contributed by atoms with Crippen LogP contribution in [0, 0.1) is 11.8 Å². The highest BCUT2D eigenvalue weighted by Crippen LogP contribution is 2.27. The van der Waals surface area contributed by atoms with E-state index in [2.05, 4.69) is 15.5 Å². The lowest BCUT2D eigenvalue weighted by atomic mass is 9.89. The van der Waals surface area contributed by atoms with Crippen molar-refractivity contribution in [3.8, 4) is 0 Å². The van der Waals surface area contributed by atoms with E-state index >= 15 is 0 Å². The Labute approximate surface area is 141 Å². The molecule has 2 heterocycles. The first-order valence-corrected chi connectivity index (χ1v) is 8.55. The van der Waals surface area contributed by atoms with Gasteiger partial charge in [-0.2, -0.15) is 0 Å². The second kappa shape index (κ2) is 7.18. The first-order valence-electron chi connectivity index (χ1n) is 7.80. The third kappa shape index (κ3) is 3.93. The Morgan fingerprint density at radius 3 is 3.00 bits per heavy atom. The summed E-state index contributed by atoms with van der Waals surface area (Å²) in [5.41, 5.74) is 0.581. The Morgan fingerprint density at radius 1 is 1.32 bits per heavy atom. The van der Waals surface area contributed by atoms with Crippen LogP contribution in [0.2, 0.25) is 10.0 Å². The number of halogens is 2. The highest BCUT2D eigenvalue weighted by Gasteiger charge is 2.32. The minimum absolute atomic E-state index is 0.0177. The number of fused-ring (bicyclic) bond motifs is 1. The first-order chi connectivity index (χ1) is 10.6. The maximum atomic E-state index is 12.1. The first kappa shape index (κ1) is 16.1. The molecule has 2 N–H and O–H groups in total. The monoisotopic (exact) mass is 341 g/mol. The van der Waals surface area contributed by atoms with E-state index < -0.39 is 0 Å². The molecule has 2 unspecified atom stereocenters. The van der Waals surface area contributed by atoms with Gasteiger partial charge in [-0.15, -0.1) is 0 Å². The van der Waals surface area contributed by atoms with Crippen LogP contribution in [-0.2, 0) is 4.79 Å². The Bertz CT molecular complexity index is 552. The molecule has 1 aromatic carbocycles. The van der Waals surface area contributed by atoms with Gasteiger partial charge < -0.3 is 15.5 Å². The molecule has 4 nitrogen and oxygen atoms in total. The summed E-state index contributed by atoms with van der Waals surface area (Å²) in [6, 6.07) is 5.08. The van der Waals surface area contributed by atoms with Crippen molar-refractivity contribution in [2.24, 2.45) is 11.8 Å². The smallest absolute Gasteiger partial charge is 0.225 e. The fraction of sp³-hybridized carbons (Fsp3) is 0.562. The van der Waals surface area contributed by atoms with Crippen molar-refractivity contribution in [2.45, 2.75) is 12.8 Å². The number of likely N-dealkylation sites (tertiary alicyclic amines) is 1. The zero-order valence-electron chi connectivity index (χ0n) is 12.4. The summed E-state index contributed by atoms with van der Waals surface area (Å²) in [6.07, 6.45) is 1.72. The molecule has 0 radical (unpaired) electrons. The molecule has 6 heteroatoms. The van der Waals surface area contributed by atoms with Gasteiger partial charge in [0.1, 0.15) is 0 Å². The number of nitrogens with zero attached hydrogens (tertiary/aromatic N) is 1. The molecule has 2 saturated heterocycles. The van der Waals surface area contributed by atoms with Crippen LogP contribution in [0.25, 0.3) is 0 Å². The third-order valence-corrected chi connectivity index (χ3v) is 5.21. The van der Waals surface area contributed by atoms with Crippen LogP contribution in [0.15, 0.2) is 18.2 Å². The van der Waals surface area contributed by atoms with Gasteiger partial charge in [-0.1, -0.05) is 23.2 Å². The van der Waals surface area contributed by atoms with Gasteiger partial charge in [0, 0.05) is 24.5 Å². The average molecular weight is 342 g/mol. The van der Waals surface area contributed by atoms with Gasteiger partial charge >= 0.3 is 0 Å². The summed E-state index contributed by atoms with van der Waals surface area (Å²) in [5.74, 6) is 1.56. The Kier molecular flexibility index (Phi) is 5.24. The lowest BCUT2D eigenvalue weighted by Gasteiger charge is -2.34. The normalized spacial score (nSPS) is 25.0. The van der Waals surface area contributed by atoms with Crippen molar-refractivity contribution in [2.75, 3.05) is 38.0 Å². The van der Waals surface area contributed by atoms with Gasteiger partial charge in [0.05, 0.1) is 10.7 Å². The molecule has 2 aliphatic rings. The van der Waals surface area contributed by atoms with Crippen LogP contribution < -0.4 is 10.6 Å². The van der Waals surface area contributed by atoms with Crippen molar-refractivity contribution >= 4 is 34.8 Å². The lowest BCUT2D eigenvalue weighted by molar-refractivity contribution is -0.116. The van der Waals surface area contributed by atoms with Crippen LogP contribution in [-0.4, -0.2) is 43.5 Å².